The third kappa shape index (κ3) is 2.64. The molecule has 21 heavy (non-hydrogen) atoms. The second kappa shape index (κ2) is 5.54. The third-order valence-corrected chi connectivity index (χ3v) is 2.99. The van der Waals surface area contributed by atoms with E-state index in [0.717, 1.165) is 11.1 Å². The average molecular weight is 283 g/mol. The predicted octanol–water partition coefficient (Wildman–Crippen LogP) is 2.93. The molecule has 2 aromatic heterocycles. The van der Waals surface area contributed by atoms with Crippen LogP contribution in [-0.4, -0.2) is 23.2 Å². The molecule has 0 atom stereocenters. The van der Waals surface area contributed by atoms with Crippen LogP contribution in [0.25, 0.3) is 11.1 Å². The number of carbonyl (C=O) groups excluding carboxylic acids is 1. The molecule has 0 saturated carbocycles. The molecule has 0 fully saturated rings. The summed E-state index contributed by atoms with van der Waals surface area (Å²) in [5.74, 6) is 0.684. The van der Waals surface area contributed by atoms with Crippen molar-refractivity contribution in [3.8, 4) is 16.9 Å². The van der Waals surface area contributed by atoms with Gasteiger partial charge in [-0.3, -0.25) is 9.89 Å². The van der Waals surface area contributed by atoms with E-state index in [-0.39, 0.29) is 11.7 Å². The minimum Gasteiger partial charge on any atom is -0.491 e. The number of nitrogens with one attached hydrogen (secondary N) is 2. The summed E-state index contributed by atoms with van der Waals surface area (Å²) >= 11 is 0. The third-order valence-electron chi connectivity index (χ3n) is 2.99. The summed E-state index contributed by atoms with van der Waals surface area (Å²) in [5.41, 5.74) is 1.83. The lowest BCUT2D eigenvalue weighted by molar-refractivity contribution is 0.0996. The van der Waals surface area contributed by atoms with E-state index in [2.05, 4.69) is 15.5 Å². The number of aromatic amines is 1. The first-order chi connectivity index (χ1) is 10.3. The van der Waals surface area contributed by atoms with Gasteiger partial charge in [0.25, 0.3) is 5.91 Å². The van der Waals surface area contributed by atoms with Gasteiger partial charge in [-0.25, -0.2) is 0 Å². The zero-order valence-corrected chi connectivity index (χ0v) is 11.3. The lowest BCUT2D eigenvalue weighted by Crippen LogP contribution is -2.11. The minimum atomic E-state index is -0.375. The van der Waals surface area contributed by atoms with Crippen LogP contribution in [-0.2, 0) is 0 Å². The Morgan fingerprint density at radius 2 is 2.10 bits per heavy atom. The first-order valence-electron chi connectivity index (χ1n) is 6.30. The van der Waals surface area contributed by atoms with Gasteiger partial charge in [-0.05, 0) is 11.6 Å². The molecule has 6 heteroatoms. The molecule has 0 unspecified atom stereocenters. The number of methoxy groups -OCH3 is 1. The highest BCUT2D eigenvalue weighted by molar-refractivity contribution is 6.03. The highest BCUT2D eigenvalue weighted by Crippen LogP contribution is 2.24. The van der Waals surface area contributed by atoms with Crippen LogP contribution in [0.1, 0.15) is 10.6 Å². The Morgan fingerprint density at radius 3 is 2.86 bits per heavy atom. The summed E-state index contributed by atoms with van der Waals surface area (Å²) < 4.78 is 10.4. The number of carbonyl (C=O) groups is 1. The maximum Gasteiger partial charge on any atom is 0.292 e. The number of hydrogen-bond donors (Lipinski definition) is 2. The standard InChI is InChI=1S/C15H13N3O3/c1-20-13-8-16-18-14(13)17-15(19)12-7-11(9-21-12)10-5-3-2-4-6-10/h2-9H,1H3,(H2,16,17,18,19). The molecule has 2 heterocycles. The van der Waals surface area contributed by atoms with Gasteiger partial charge in [0, 0.05) is 5.56 Å². The summed E-state index contributed by atoms with van der Waals surface area (Å²) in [4.78, 5) is 12.1. The van der Waals surface area contributed by atoms with E-state index in [1.165, 1.54) is 13.3 Å². The van der Waals surface area contributed by atoms with Crippen LogP contribution in [0.3, 0.4) is 0 Å². The van der Waals surface area contributed by atoms with Crippen LogP contribution < -0.4 is 10.1 Å². The van der Waals surface area contributed by atoms with Gasteiger partial charge in [-0.15, -0.1) is 0 Å². The van der Waals surface area contributed by atoms with Gasteiger partial charge < -0.3 is 14.5 Å². The number of benzene rings is 1. The van der Waals surface area contributed by atoms with Gasteiger partial charge in [-0.2, -0.15) is 5.10 Å². The van der Waals surface area contributed by atoms with Crippen molar-refractivity contribution >= 4 is 11.7 Å². The van der Waals surface area contributed by atoms with E-state index in [1.807, 2.05) is 30.3 Å². The largest absolute Gasteiger partial charge is 0.491 e. The van der Waals surface area contributed by atoms with Gasteiger partial charge in [0.15, 0.2) is 17.3 Å². The number of aromatic nitrogens is 2. The van der Waals surface area contributed by atoms with E-state index in [9.17, 15) is 4.79 Å². The van der Waals surface area contributed by atoms with Crippen molar-refractivity contribution in [1.82, 2.24) is 10.2 Å². The SMILES string of the molecule is COc1cn[nH]c1NC(=O)c1cc(-c2ccccc2)co1. The van der Waals surface area contributed by atoms with Crippen molar-refractivity contribution in [2.45, 2.75) is 0 Å². The number of rotatable bonds is 4. The zero-order chi connectivity index (χ0) is 14.7. The summed E-state index contributed by atoms with van der Waals surface area (Å²) in [6.45, 7) is 0. The molecule has 0 radical (unpaired) electrons. The van der Waals surface area contributed by atoms with Crippen LogP contribution >= 0.6 is 0 Å². The Morgan fingerprint density at radius 1 is 1.29 bits per heavy atom. The summed E-state index contributed by atoms with van der Waals surface area (Å²) in [5, 5.41) is 9.09. The van der Waals surface area contributed by atoms with Crippen LogP contribution in [0.4, 0.5) is 5.82 Å². The average Bonchev–Trinajstić information content (AvgIpc) is 3.17. The van der Waals surface area contributed by atoms with E-state index in [0.29, 0.717) is 11.6 Å². The lowest BCUT2D eigenvalue weighted by Gasteiger charge is -2.02. The number of furan rings is 1. The first kappa shape index (κ1) is 13.0. The molecular weight excluding hydrogens is 270 g/mol. The van der Waals surface area contributed by atoms with E-state index in [1.54, 1.807) is 12.3 Å². The van der Waals surface area contributed by atoms with Gasteiger partial charge in [0.1, 0.15) is 0 Å². The number of anilines is 1. The van der Waals surface area contributed by atoms with Crippen molar-refractivity contribution in [3.63, 3.8) is 0 Å². The van der Waals surface area contributed by atoms with E-state index in [4.69, 9.17) is 9.15 Å². The van der Waals surface area contributed by atoms with Gasteiger partial charge in [-0.1, -0.05) is 30.3 Å². The monoisotopic (exact) mass is 283 g/mol. The van der Waals surface area contributed by atoms with Crippen molar-refractivity contribution in [3.05, 3.63) is 54.6 Å². The topological polar surface area (TPSA) is 80.1 Å². The summed E-state index contributed by atoms with van der Waals surface area (Å²) in [7, 11) is 1.50. The first-order valence-corrected chi connectivity index (χ1v) is 6.30. The molecular formula is C15H13N3O3. The number of hydrogen-bond acceptors (Lipinski definition) is 4. The number of ether oxygens (including phenoxy) is 1. The van der Waals surface area contributed by atoms with Crippen molar-refractivity contribution in [2.24, 2.45) is 0 Å². The predicted molar refractivity (Wildman–Crippen MR) is 77.2 cm³/mol. The Hall–Kier alpha value is -3.02. The Kier molecular flexibility index (Phi) is 3.42. The quantitative estimate of drug-likeness (QED) is 0.771. The van der Waals surface area contributed by atoms with Crippen LogP contribution in [0.2, 0.25) is 0 Å². The van der Waals surface area contributed by atoms with Crippen molar-refractivity contribution in [1.29, 1.82) is 0 Å². The van der Waals surface area contributed by atoms with Crippen molar-refractivity contribution < 1.29 is 13.9 Å². The molecule has 0 aliphatic rings. The van der Waals surface area contributed by atoms with E-state index < -0.39 is 0 Å². The van der Waals surface area contributed by atoms with Crippen LogP contribution in [0.15, 0.2) is 53.3 Å². The normalized spacial score (nSPS) is 10.3. The molecule has 0 aliphatic heterocycles. The van der Waals surface area contributed by atoms with Crippen LogP contribution in [0, 0.1) is 0 Å². The molecule has 0 aliphatic carbocycles. The Balaban J connectivity index is 1.79. The fourth-order valence-corrected chi connectivity index (χ4v) is 1.93. The summed E-state index contributed by atoms with van der Waals surface area (Å²) in [6.07, 6.45) is 3.03. The molecule has 6 nitrogen and oxygen atoms in total. The number of amides is 1. The van der Waals surface area contributed by atoms with Gasteiger partial charge in [0.05, 0.1) is 19.6 Å². The molecule has 3 aromatic rings. The molecule has 3 rings (SSSR count). The number of nitrogens with zero attached hydrogens (tertiary/aromatic N) is 1. The Bertz CT molecular complexity index is 746. The maximum absolute atomic E-state index is 12.1. The molecule has 0 saturated heterocycles. The minimum absolute atomic E-state index is 0.213. The van der Waals surface area contributed by atoms with Gasteiger partial charge >= 0.3 is 0 Å². The van der Waals surface area contributed by atoms with Gasteiger partial charge in [0.2, 0.25) is 0 Å². The smallest absolute Gasteiger partial charge is 0.292 e. The molecule has 1 aromatic carbocycles. The second-order valence-electron chi connectivity index (χ2n) is 4.33. The maximum atomic E-state index is 12.1. The van der Waals surface area contributed by atoms with E-state index >= 15 is 0 Å². The lowest BCUT2D eigenvalue weighted by atomic mass is 10.1. The zero-order valence-electron chi connectivity index (χ0n) is 11.3. The fraction of sp³-hybridized carbons (Fsp3) is 0.0667. The fourth-order valence-electron chi connectivity index (χ4n) is 1.93. The van der Waals surface area contributed by atoms with Crippen LogP contribution in [0.5, 0.6) is 5.75 Å². The molecule has 1 amide bonds. The molecule has 2 N–H and O–H groups in total. The second-order valence-corrected chi connectivity index (χ2v) is 4.33. The highest BCUT2D eigenvalue weighted by atomic mass is 16.5. The molecule has 0 spiro atoms. The molecule has 106 valence electrons. The highest BCUT2D eigenvalue weighted by Gasteiger charge is 2.15. The number of H-pyrrole nitrogens is 1. The summed E-state index contributed by atoms with van der Waals surface area (Å²) in [6, 6.07) is 11.4. The van der Waals surface area contributed by atoms with Crippen molar-refractivity contribution in [2.75, 3.05) is 12.4 Å². The Labute approximate surface area is 120 Å². The molecule has 0 bridgehead atoms.